The fourth-order valence-corrected chi connectivity index (χ4v) is 2.99. The lowest BCUT2D eigenvalue weighted by Gasteiger charge is -1.99. The Kier molecular flexibility index (Phi) is 6.22. The number of H-pyrrole nitrogens is 1. The summed E-state index contributed by atoms with van der Waals surface area (Å²) in [6, 6.07) is 14.3. The van der Waals surface area contributed by atoms with Crippen molar-refractivity contribution in [3.8, 4) is 17.6 Å². The van der Waals surface area contributed by atoms with Gasteiger partial charge in [0, 0.05) is 21.4 Å². The lowest BCUT2D eigenvalue weighted by Crippen LogP contribution is -2.23. The zero-order valence-corrected chi connectivity index (χ0v) is 15.7. The molecule has 0 atom stereocenters. The molecule has 0 aliphatic carbocycles. The van der Waals surface area contributed by atoms with Crippen LogP contribution in [0.4, 0.5) is 4.79 Å². The predicted molar refractivity (Wildman–Crippen MR) is 107 cm³/mol. The van der Waals surface area contributed by atoms with Crippen LogP contribution in [0.1, 0.15) is 16.1 Å². The van der Waals surface area contributed by atoms with Crippen molar-refractivity contribution >= 4 is 33.8 Å². The van der Waals surface area contributed by atoms with Gasteiger partial charge < -0.3 is 15.0 Å². The zero-order valence-electron chi connectivity index (χ0n) is 14.9. The summed E-state index contributed by atoms with van der Waals surface area (Å²) in [4.78, 5) is 27.1. The number of carbonyl (C=O) groups excluding carboxylic acids is 2. The molecule has 0 fully saturated rings. The highest BCUT2D eigenvalue weighted by atomic mass is 32.2. The predicted octanol–water partition coefficient (Wildman–Crippen LogP) is 3.15. The summed E-state index contributed by atoms with van der Waals surface area (Å²) in [5, 5.41) is 11.6. The van der Waals surface area contributed by atoms with Gasteiger partial charge in [0.15, 0.2) is 0 Å². The number of rotatable bonds is 4. The lowest BCUT2D eigenvalue weighted by molar-refractivity contribution is 0.0954. The Hall–Kier alpha value is -3.41. The van der Waals surface area contributed by atoms with Crippen molar-refractivity contribution in [2.24, 2.45) is 0 Å². The molecule has 0 aliphatic heterocycles. The van der Waals surface area contributed by atoms with E-state index in [1.807, 2.05) is 18.2 Å². The zero-order chi connectivity index (χ0) is 19.9. The molecule has 0 saturated carbocycles. The highest BCUT2D eigenvalue weighted by Crippen LogP contribution is 2.21. The van der Waals surface area contributed by atoms with E-state index in [4.69, 9.17) is 9.94 Å². The van der Waals surface area contributed by atoms with Crippen LogP contribution >= 0.6 is 11.8 Å². The summed E-state index contributed by atoms with van der Waals surface area (Å²) < 4.78 is 5.18. The van der Waals surface area contributed by atoms with Crippen molar-refractivity contribution < 1.29 is 19.5 Å². The number of nitrogens with one attached hydrogen (secondary N) is 3. The van der Waals surface area contributed by atoms with Crippen LogP contribution in [0.2, 0.25) is 0 Å². The summed E-state index contributed by atoms with van der Waals surface area (Å²) in [7, 11) is 1.60. The number of hydrogen-bond donors (Lipinski definition) is 4. The minimum atomic E-state index is -0.558. The Labute approximate surface area is 165 Å². The third kappa shape index (κ3) is 4.85. The lowest BCUT2D eigenvalue weighted by atomic mass is 10.2. The van der Waals surface area contributed by atoms with Gasteiger partial charge in [-0.3, -0.25) is 14.8 Å². The fourth-order valence-electron chi connectivity index (χ4n) is 2.46. The Bertz CT molecular complexity index is 1060. The molecule has 28 heavy (non-hydrogen) atoms. The van der Waals surface area contributed by atoms with Gasteiger partial charge in [-0.25, -0.2) is 5.48 Å². The molecule has 0 unspecified atom stereocenters. The minimum absolute atomic E-state index is 0.195. The number of aromatic amines is 1. The highest BCUT2D eigenvalue weighted by Gasteiger charge is 2.09. The second-order valence-electron chi connectivity index (χ2n) is 5.65. The van der Waals surface area contributed by atoms with Crippen LogP contribution in [0.5, 0.6) is 5.75 Å². The standard InChI is InChI=1S/C20H17N3O4S/c1-27-15-6-9-17-14(11-15)12-18(22-17)19(24)21-10-2-3-13-4-7-16(8-5-13)28-20(25)23-26/h4-9,11-12,22,26H,10H2,1H3,(H,21,24)(H,23,25). The number of hydroxylamine groups is 1. The summed E-state index contributed by atoms with van der Waals surface area (Å²) in [6.45, 7) is 0.195. The number of fused-ring (bicyclic) bond motifs is 1. The van der Waals surface area contributed by atoms with Crippen LogP contribution in [0.25, 0.3) is 10.9 Å². The Morgan fingerprint density at radius 2 is 1.96 bits per heavy atom. The van der Waals surface area contributed by atoms with Crippen molar-refractivity contribution in [3.05, 3.63) is 59.8 Å². The number of carbonyl (C=O) groups is 2. The second kappa shape index (κ2) is 8.99. The van der Waals surface area contributed by atoms with E-state index in [-0.39, 0.29) is 12.5 Å². The van der Waals surface area contributed by atoms with Gasteiger partial charge in [0.1, 0.15) is 11.4 Å². The SMILES string of the molecule is COc1ccc2[nH]c(C(=O)NCC#Cc3ccc(SC(=O)NO)cc3)cc2c1. The summed E-state index contributed by atoms with van der Waals surface area (Å²) in [5.41, 5.74) is 3.61. The fraction of sp³-hybridized carbons (Fsp3) is 0.100. The highest BCUT2D eigenvalue weighted by molar-refractivity contribution is 8.13. The molecule has 0 bridgehead atoms. The van der Waals surface area contributed by atoms with Crippen molar-refractivity contribution in [1.82, 2.24) is 15.8 Å². The third-order valence-corrected chi connectivity index (χ3v) is 4.58. The first-order valence-corrected chi connectivity index (χ1v) is 9.06. The van der Waals surface area contributed by atoms with Gasteiger partial charge in [0.05, 0.1) is 13.7 Å². The third-order valence-electron chi connectivity index (χ3n) is 3.80. The molecule has 3 aromatic rings. The molecule has 0 spiro atoms. The quantitative estimate of drug-likeness (QED) is 0.235. The van der Waals surface area contributed by atoms with Gasteiger partial charge in [-0.2, -0.15) is 0 Å². The summed E-state index contributed by atoms with van der Waals surface area (Å²) >= 11 is 0.869. The Morgan fingerprint density at radius 1 is 1.18 bits per heavy atom. The maximum Gasteiger partial charge on any atom is 0.307 e. The second-order valence-corrected chi connectivity index (χ2v) is 6.69. The van der Waals surface area contributed by atoms with Gasteiger partial charge in [0.2, 0.25) is 0 Å². The number of ether oxygens (including phenoxy) is 1. The number of amides is 2. The first-order valence-electron chi connectivity index (χ1n) is 8.25. The number of benzene rings is 2. The number of hydrogen-bond acceptors (Lipinski definition) is 5. The first kappa shape index (κ1) is 19.4. The number of thioether (sulfide) groups is 1. The minimum Gasteiger partial charge on any atom is -0.497 e. The van der Waals surface area contributed by atoms with E-state index in [1.54, 1.807) is 42.9 Å². The van der Waals surface area contributed by atoms with Crippen LogP contribution in [-0.2, 0) is 0 Å². The monoisotopic (exact) mass is 395 g/mol. The van der Waals surface area contributed by atoms with E-state index in [0.717, 1.165) is 34.0 Å². The number of methoxy groups -OCH3 is 1. The van der Waals surface area contributed by atoms with E-state index in [0.29, 0.717) is 10.6 Å². The maximum absolute atomic E-state index is 12.3. The van der Waals surface area contributed by atoms with Gasteiger partial charge in [0.25, 0.3) is 5.91 Å². The van der Waals surface area contributed by atoms with Gasteiger partial charge in [-0.05, 0) is 60.3 Å². The van der Waals surface area contributed by atoms with Crippen LogP contribution in [0.3, 0.4) is 0 Å². The van der Waals surface area contributed by atoms with Crippen LogP contribution in [0.15, 0.2) is 53.4 Å². The molecule has 2 aromatic carbocycles. The smallest absolute Gasteiger partial charge is 0.307 e. The van der Waals surface area contributed by atoms with E-state index < -0.39 is 5.24 Å². The number of aromatic nitrogens is 1. The Morgan fingerprint density at radius 3 is 2.68 bits per heavy atom. The Balaban J connectivity index is 1.56. The average Bonchev–Trinajstić information content (AvgIpc) is 3.15. The molecule has 0 saturated heterocycles. The average molecular weight is 395 g/mol. The molecular weight excluding hydrogens is 378 g/mol. The summed E-state index contributed by atoms with van der Waals surface area (Å²) in [5.74, 6) is 6.30. The van der Waals surface area contributed by atoms with E-state index in [2.05, 4.69) is 22.1 Å². The van der Waals surface area contributed by atoms with Gasteiger partial charge in [-0.1, -0.05) is 11.8 Å². The molecular formula is C20H17N3O4S. The van der Waals surface area contributed by atoms with Crippen molar-refractivity contribution in [2.45, 2.75) is 4.90 Å². The molecule has 0 radical (unpaired) electrons. The first-order chi connectivity index (χ1) is 13.6. The van der Waals surface area contributed by atoms with Crippen molar-refractivity contribution in [1.29, 1.82) is 0 Å². The van der Waals surface area contributed by atoms with Crippen molar-refractivity contribution in [2.75, 3.05) is 13.7 Å². The van der Waals surface area contributed by atoms with E-state index in [1.165, 1.54) is 0 Å². The van der Waals surface area contributed by atoms with Gasteiger partial charge >= 0.3 is 5.24 Å². The maximum atomic E-state index is 12.3. The summed E-state index contributed by atoms with van der Waals surface area (Å²) in [6.07, 6.45) is 0. The van der Waals surface area contributed by atoms with Crippen LogP contribution in [0, 0.1) is 11.8 Å². The van der Waals surface area contributed by atoms with Crippen LogP contribution in [-0.4, -0.2) is 35.0 Å². The van der Waals surface area contributed by atoms with Gasteiger partial charge in [-0.15, -0.1) is 0 Å². The van der Waals surface area contributed by atoms with Crippen LogP contribution < -0.4 is 15.5 Å². The molecule has 1 heterocycles. The molecule has 2 amide bonds. The molecule has 142 valence electrons. The normalized spacial score (nSPS) is 10.1. The molecule has 1 aromatic heterocycles. The molecule has 3 rings (SSSR count). The topological polar surface area (TPSA) is 103 Å². The van der Waals surface area contributed by atoms with Crippen molar-refractivity contribution in [3.63, 3.8) is 0 Å². The largest absolute Gasteiger partial charge is 0.497 e. The molecule has 8 heteroatoms. The molecule has 4 N–H and O–H groups in total. The molecule has 7 nitrogen and oxygen atoms in total. The van der Waals surface area contributed by atoms with E-state index >= 15 is 0 Å². The molecule has 0 aliphatic rings. The van der Waals surface area contributed by atoms with E-state index in [9.17, 15) is 9.59 Å².